The standard InChI is InChI=1S/C28H24FN3O3/c1-16-10-20(15-31-26(16)28(33)34)25-23-11-18-13-30-14-19(18)12-24(23)32(22-4-2-21(29)3-5-22)27(25)17-6-8-35-9-7-17/h2-5,10-12,14-15,17H,6-9,13H2,1H3,(H,33,34). The summed E-state index contributed by atoms with van der Waals surface area (Å²) in [5, 5.41) is 10.6. The van der Waals surface area contributed by atoms with Gasteiger partial charge in [-0.25, -0.2) is 14.2 Å². The summed E-state index contributed by atoms with van der Waals surface area (Å²) in [5.74, 6) is -1.10. The van der Waals surface area contributed by atoms with Crippen LogP contribution in [0.1, 0.15) is 51.6 Å². The molecule has 2 aromatic heterocycles. The van der Waals surface area contributed by atoms with Gasteiger partial charge in [-0.1, -0.05) is 0 Å². The maximum absolute atomic E-state index is 13.9. The lowest BCUT2D eigenvalue weighted by atomic mass is 9.89. The monoisotopic (exact) mass is 469 g/mol. The fraction of sp³-hybridized carbons (Fsp3) is 0.250. The van der Waals surface area contributed by atoms with Gasteiger partial charge in [-0.3, -0.25) is 4.99 Å². The molecule has 2 aliphatic heterocycles. The normalized spacial score (nSPS) is 15.6. The van der Waals surface area contributed by atoms with Crippen molar-refractivity contribution in [2.45, 2.75) is 32.2 Å². The number of aryl methyl sites for hydroxylation is 1. The lowest BCUT2D eigenvalue weighted by molar-refractivity contribution is 0.0689. The van der Waals surface area contributed by atoms with Gasteiger partial charge in [0.05, 0.1) is 12.1 Å². The Morgan fingerprint density at radius 3 is 2.63 bits per heavy atom. The lowest BCUT2D eigenvalue weighted by Gasteiger charge is -2.26. The van der Waals surface area contributed by atoms with Crippen LogP contribution in [0.2, 0.25) is 0 Å². The quantitative estimate of drug-likeness (QED) is 0.418. The average Bonchev–Trinajstić information content (AvgIpc) is 3.45. The van der Waals surface area contributed by atoms with Crippen molar-refractivity contribution in [1.82, 2.24) is 9.55 Å². The van der Waals surface area contributed by atoms with Gasteiger partial charge in [0.25, 0.3) is 0 Å². The van der Waals surface area contributed by atoms with Crippen LogP contribution in [-0.4, -0.2) is 40.1 Å². The van der Waals surface area contributed by atoms with E-state index in [1.165, 1.54) is 12.1 Å². The number of aromatic nitrogens is 2. The molecular weight excluding hydrogens is 445 g/mol. The van der Waals surface area contributed by atoms with Gasteiger partial charge in [-0.15, -0.1) is 0 Å². The number of carbonyl (C=O) groups is 1. The minimum atomic E-state index is -1.04. The molecule has 0 atom stereocenters. The summed E-state index contributed by atoms with van der Waals surface area (Å²) in [6.45, 7) is 3.76. The molecule has 176 valence electrons. The van der Waals surface area contributed by atoms with Crippen LogP contribution in [0.5, 0.6) is 0 Å². The summed E-state index contributed by atoms with van der Waals surface area (Å²) >= 11 is 0. The molecule has 0 radical (unpaired) electrons. The van der Waals surface area contributed by atoms with E-state index in [0.717, 1.165) is 57.4 Å². The molecule has 6 rings (SSSR count). The van der Waals surface area contributed by atoms with Crippen LogP contribution in [0, 0.1) is 12.7 Å². The lowest BCUT2D eigenvalue weighted by Crippen LogP contribution is -2.17. The van der Waals surface area contributed by atoms with E-state index in [1.807, 2.05) is 12.3 Å². The van der Waals surface area contributed by atoms with Gasteiger partial charge >= 0.3 is 5.97 Å². The van der Waals surface area contributed by atoms with Gasteiger partial charge in [0.15, 0.2) is 5.69 Å². The summed E-state index contributed by atoms with van der Waals surface area (Å²) in [6, 6.07) is 12.8. The summed E-state index contributed by atoms with van der Waals surface area (Å²) in [6.07, 6.45) is 5.29. The van der Waals surface area contributed by atoms with Gasteiger partial charge in [0, 0.05) is 59.4 Å². The fourth-order valence-electron chi connectivity index (χ4n) is 5.38. The molecule has 0 saturated carbocycles. The molecule has 6 nitrogen and oxygen atoms in total. The minimum Gasteiger partial charge on any atom is -0.477 e. The zero-order valence-electron chi connectivity index (χ0n) is 19.3. The molecule has 4 heterocycles. The van der Waals surface area contributed by atoms with Crippen LogP contribution in [0.3, 0.4) is 0 Å². The average molecular weight is 470 g/mol. The van der Waals surface area contributed by atoms with Crippen molar-refractivity contribution in [2.75, 3.05) is 13.2 Å². The van der Waals surface area contributed by atoms with Crippen molar-refractivity contribution in [2.24, 2.45) is 4.99 Å². The smallest absolute Gasteiger partial charge is 0.354 e. The number of halogens is 1. The van der Waals surface area contributed by atoms with E-state index in [1.54, 1.807) is 25.3 Å². The number of hydrogen-bond acceptors (Lipinski definition) is 4. The highest BCUT2D eigenvalue weighted by molar-refractivity contribution is 6.03. The predicted octanol–water partition coefficient (Wildman–Crippen LogP) is 5.66. The van der Waals surface area contributed by atoms with Crippen molar-refractivity contribution >= 4 is 23.1 Å². The number of aliphatic imine (C=N–C) groups is 1. The molecule has 1 N–H and O–H groups in total. The van der Waals surface area contributed by atoms with Crippen LogP contribution in [0.15, 0.2) is 53.7 Å². The Balaban J connectivity index is 1.70. The van der Waals surface area contributed by atoms with Gasteiger partial charge < -0.3 is 14.4 Å². The second kappa shape index (κ2) is 8.43. The second-order valence-corrected chi connectivity index (χ2v) is 9.19. The van der Waals surface area contributed by atoms with Crippen LogP contribution in [-0.2, 0) is 11.3 Å². The van der Waals surface area contributed by atoms with E-state index in [0.29, 0.717) is 25.3 Å². The molecule has 35 heavy (non-hydrogen) atoms. The summed E-state index contributed by atoms with van der Waals surface area (Å²) in [5.41, 5.74) is 7.83. The summed E-state index contributed by atoms with van der Waals surface area (Å²) in [7, 11) is 0. The van der Waals surface area contributed by atoms with E-state index >= 15 is 0 Å². The molecule has 0 bridgehead atoms. The van der Waals surface area contributed by atoms with Gasteiger partial charge in [0.2, 0.25) is 0 Å². The van der Waals surface area contributed by atoms with Crippen LogP contribution < -0.4 is 0 Å². The van der Waals surface area contributed by atoms with Crippen molar-refractivity contribution in [3.05, 3.63) is 82.6 Å². The predicted molar refractivity (Wildman–Crippen MR) is 132 cm³/mol. The molecule has 0 unspecified atom stereocenters. The maximum atomic E-state index is 13.9. The second-order valence-electron chi connectivity index (χ2n) is 9.19. The fourth-order valence-corrected chi connectivity index (χ4v) is 5.38. The van der Waals surface area contributed by atoms with E-state index in [4.69, 9.17) is 4.74 Å². The number of benzene rings is 2. The first-order valence-corrected chi connectivity index (χ1v) is 11.8. The summed E-state index contributed by atoms with van der Waals surface area (Å²) < 4.78 is 21.8. The first kappa shape index (κ1) is 21.7. The third-order valence-corrected chi connectivity index (χ3v) is 7.02. The van der Waals surface area contributed by atoms with Gasteiger partial charge in [0.1, 0.15) is 5.82 Å². The van der Waals surface area contributed by atoms with Crippen molar-refractivity contribution < 1.29 is 19.0 Å². The Hall–Kier alpha value is -3.84. The Morgan fingerprint density at radius 1 is 1.14 bits per heavy atom. The van der Waals surface area contributed by atoms with Crippen LogP contribution in [0.4, 0.5) is 4.39 Å². The molecule has 1 saturated heterocycles. The third kappa shape index (κ3) is 3.63. The molecule has 0 spiro atoms. The zero-order valence-corrected chi connectivity index (χ0v) is 19.3. The molecule has 0 amide bonds. The number of fused-ring (bicyclic) bond motifs is 2. The largest absolute Gasteiger partial charge is 0.477 e. The Labute approximate surface area is 201 Å². The van der Waals surface area contributed by atoms with Crippen molar-refractivity contribution in [3.63, 3.8) is 0 Å². The molecule has 2 aliphatic rings. The Kier molecular flexibility index (Phi) is 5.22. The van der Waals surface area contributed by atoms with Crippen LogP contribution >= 0.6 is 0 Å². The number of rotatable bonds is 4. The number of pyridine rings is 1. The number of aromatic carboxylic acids is 1. The van der Waals surface area contributed by atoms with Crippen molar-refractivity contribution in [1.29, 1.82) is 0 Å². The van der Waals surface area contributed by atoms with Crippen molar-refractivity contribution in [3.8, 4) is 16.8 Å². The first-order valence-electron chi connectivity index (χ1n) is 11.8. The topological polar surface area (TPSA) is 76.7 Å². The third-order valence-electron chi connectivity index (χ3n) is 7.02. The Bertz CT molecular complexity index is 1500. The number of hydrogen-bond donors (Lipinski definition) is 1. The zero-order chi connectivity index (χ0) is 24.1. The number of ether oxygens (including phenoxy) is 1. The molecule has 2 aromatic carbocycles. The highest BCUT2D eigenvalue weighted by Crippen LogP contribution is 2.44. The van der Waals surface area contributed by atoms with Gasteiger partial charge in [-0.05, 0) is 78.9 Å². The van der Waals surface area contributed by atoms with E-state index in [2.05, 4.69) is 26.7 Å². The molecule has 7 heteroatoms. The molecule has 1 fully saturated rings. The van der Waals surface area contributed by atoms with E-state index in [9.17, 15) is 14.3 Å². The van der Waals surface area contributed by atoms with Crippen LogP contribution in [0.25, 0.3) is 27.7 Å². The van der Waals surface area contributed by atoms with E-state index in [-0.39, 0.29) is 17.4 Å². The molecular formula is C28H24FN3O3. The SMILES string of the molecule is Cc1cc(-c2c(C3CCOCC3)n(-c3ccc(F)cc3)c3cc4c(cc23)CN=C4)cnc1C(=O)O. The maximum Gasteiger partial charge on any atom is 0.354 e. The van der Waals surface area contributed by atoms with E-state index < -0.39 is 5.97 Å². The minimum absolute atomic E-state index is 0.0536. The number of carboxylic acids is 1. The number of nitrogens with zero attached hydrogens (tertiary/aromatic N) is 3. The highest BCUT2D eigenvalue weighted by Gasteiger charge is 2.29. The summed E-state index contributed by atoms with van der Waals surface area (Å²) in [4.78, 5) is 20.4. The number of carboxylic acid groups (broad SMARTS) is 1. The molecule has 0 aliphatic carbocycles. The first-order chi connectivity index (χ1) is 17.0. The van der Waals surface area contributed by atoms with Gasteiger partial charge in [-0.2, -0.15) is 0 Å². The molecule has 4 aromatic rings. The Morgan fingerprint density at radius 2 is 1.91 bits per heavy atom. The highest BCUT2D eigenvalue weighted by atomic mass is 19.1.